The van der Waals surface area contributed by atoms with Gasteiger partial charge in [-0.1, -0.05) is 38.1 Å². The number of rotatable bonds is 9. The van der Waals surface area contributed by atoms with Crippen LogP contribution >= 0.6 is 0 Å². The normalized spacial score (nSPS) is 20.0. The highest BCUT2D eigenvalue weighted by Crippen LogP contribution is 2.34. The zero-order chi connectivity index (χ0) is 26.0. The van der Waals surface area contributed by atoms with E-state index >= 15 is 0 Å². The minimum atomic E-state index is -0.991. The Kier molecular flexibility index (Phi) is 6.97. The Balaban J connectivity index is 1.15. The van der Waals surface area contributed by atoms with E-state index in [-0.39, 0.29) is 17.6 Å². The van der Waals surface area contributed by atoms with Crippen LogP contribution in [0.4, 0.5) is 9.18 Å². The lowest BCUT2D eigenvalue weighted by Gasteiger charge is -2.35. The second-order valence-corrected chi connectivity index (χ2v) is 10.3. The number of likely N-dealkylation sites (tertiary alicyclic amines) is 1. The van der Waals surface area contributed by atoms with Crippen molar-refractivity contribution in [1.82, 2.24) is 20.4 Å². The van der Waals surface area contributed by atoms with Crippen LogP contribution in [0.2, 0.25) is 0 Å². The van der Waals surface area contributed by atoms with Gasteiger partial charge in [-0.05, 0) is 41.5 Å². The van der Waals surface area contributed by atoms with Crippen molar-refractivity contribution in [3.05, 3.63) is 77.5 Å². The van der Waals surface area contributed by atoms with Crippen molar-refractivity contribution in [3.8, 4) is 17.4 Å². The van der Waals surface area contributed by atoms with Crippen molar-refractivity contribution in [3.63, 3.8) is 0 Å². The standard InChI is InChI=1S/C28H31FN4O4/c1-28(2,18-3-8-23(9-4-18)36-25-13-22(14-25)30-27(34)35)19-5-10-24(11-6-19)37-26-12-7-21(31-32-26)17-33-15-20(29)16-33/h3-12,20,22,25,30H,13-17H2,1-2H3,(H,34,35)/t22-,25-. The van der Waals surface area contributed by atoms with E-state index < -0.39 is 12.3 Å². The van der Waals surface area contributed by atoms with Gasteiger partial charge in [-0.3, -0.25) is 4.90 Å². The van der Waals surface area contributed by atoms with Crippen molar-refractivity contribution in [1.29, 1.82) is 0 Å². The van der Waals surface area contributed by atoms with Crippen LogP contribution in [-0.2, 0) is 12.0 Å². The van der Waals surface area contributed by atoms with Gasteiger partial charge in [0.2, 0.25) is 5.88 Å². The van der Waals surface area contributed by atoms with Gasteiger partial charge < -0.3 is 19.9 Å². The predicted octanol–water partition coefficient (Wildman–Crippen LogP) is 4.93. The fraction of sp³-hybridized carbons (Fsp3) is 0.393. The second kappa shape index (κ2) is 10.3. The van der Waals surface area contributed by atoms with Crippen LogP contribution in [-0.4, -0.2) is 57.7 Å². The topological polar surface area (TPSA) is 96.8 Å². The van der Waals surface area contributed by atoms with Crippen LogP contribution in [0.3, 0.4) is 0 Å². The first-order valence-corrected chi connectivity index (χ1v) is 12.5. The Hall–Kier alpha value is -3.72. The molecule has 3 aromatic rings. The third-order valence-corrected chi connectivity index (χ3v) is 7.09. The maximum atomic E-state index is 13.0. The zero-order valence-corrected chi connectivity index (χ0v) is 20.9. The van der Waals surface area contributed by atoms with Gasteiger partial charge in [0.1, 0.15) is 23.8 Å². The van der Waals surface area contributed by atoms with Gasteiger partial charge in [0.05, 0.1) is 5.69 Å². The average molecular weight is 507 g/mol. The maximum absolute atomic E-state index is 13.0. The third kappa shape index (κ3) is 5.99. The van der Waals surface area contributed by atoms with Crippen LogP contribution in [0.5, 0.6) is 17.4 Å². The SMILES string of the molecule is CC(C)(c1ccc(Oc2ccc(CN3CC(F)C3)nn2)cc1)c1ccc(O[C@H]2C[C@H](NC(=O)O)C2)cc1. The number of hydrogen-bond acceptors (Lipinski definition) is 6. The highest BCUT2D eigenvalue weighted by atomic mass is 19.1. The van der Waals surface area contributed by atoms with Crippen molar-refractivity contribution in [2.75, 3.05) is 13.1 Å². The van der Waals surface area contributed by atoms with Crippen LogP contribution < -0.4 is 14.8 Å². The molecule has 1 saturated carbocycles. The summed E-state index contributed by atoms with van der Waals surface area (Å²) in [6, 6.07) is 19.6. The van der Waals surface area contributed by atoms with Crippen LogP contribution in [0.15, 0.2) is 60.7 Å². The first-order chi connectivity index (χ1) is 17.7. The molecule has 0 radical (unpaired) electrons. The van der Waals surface area contributed by atoms with Gasteiger partial charge in [0, 0.05) is 50.0 Å². The number of aromatic nitrogens is 2. The molecule has 2 heterocycles. The van der Waals surface area contributed by atoms with Gasteiger partial charge in [-0.15, -0.1) is 5.10 Å². The van der Waals surface area contributed by atoms with Gasteiger partial charge in [-0.2, -0.15) is 5.10 Å². The summed E-state index contributed by atoms with van der Waals surface area (Å²) in [5, 5.41) is 19.6. The molecule has 5 rings (SSSR count). The number of nitrogens with zero attached hydrogens (tertiary/aromatic N) is 3. The Morgan fingerprint density at radius 1 is 1.00 bits per heavy atom. The Labute approximate surface area is 215 Å². The highest BCUT2D eigenvalue weighted by molar-refractivity contribution is 5.65. The number of carbonyl (C=O) groups is 1. The molecule has 2 aliphatic rings. The molecule has 1 saturated heterocycles. The summed E-state index contributed by atoms with van der Waals surface area (Å²) in [6.07, 6.45) is -0.317. The van der Waals surface area contributed by atoms with Gasteiger partial charge in [0.15, 0.2) is 0 Å². The summed E-state index contributed by atoms with van der Waals surface area (Å²) < 4.78 is 24.8. The molecule has 2 N–H and O–H groups in total. The number of ether oxygens (including phenoxy) is 2. The highest BCUT2D eigenvalue weighted by Gasteiger charge is 2.32. The molecule has 9 heteroatoms. The first kappa shape index (κ1) is 25.0. The molecular weight excluding hydrogens is 475 g/mol. The fourth-order valence-electron chi connectivity index (χ4n) is 4.68. The molecule has 8 nitrogen and oxygen atoms in total. The van der Waals surface area contributed by atoms with E-state index in [4.69, 9.17) is 14.6 Å². The summed E-state index contributed by atoms with van der Waals surface area (Å²) in [5.74, 6) is 1.87. The number of halogens is 1. The lowest BCUT2D eigenvalue weighted by molar-refractivity contribution is 0.0578. The summed E-state index contributed by atoms with van der Waals surface area (Å²) >= 11 is 0. The summed E-state index contributed by atoms with van der Waals surface area (Å²) in [6.45, 7) is 5.83. The van der Waals surface area contributed by atoms with E-state index in [2.05, 4.69) is 41.5 Å². The lowest BCUT2D eigenvalue weighted by atomic mass is 9.78. The smallest absolute Gasteiger partial charge is 0.404 e. The van der Waals surface area contributed by atoms with E-state index in [1.165, 1.54) is 0 Å². The minimum absolute atomic E-state index is 0.0269. The summed E-state index contributed by atoms with van der Waals surface area (Å²) in [4.78, 5) is 12.7. The third-order valence-electron chi connectivity index (χ3n) is 7.09. The molecule has 0 spiro atoms. The maximum Gasteiger partial charge on any atom is 0.404 e. The monoisotopic (exact) mass is 506 g/mol. The molecular formula is C28H31FN4O4. The van der Waals surface area contributed by atoms with Crippen molar-refractivity contribution in [2.45, 2.75) is 57.0 Å². The van der Waals surface area contributed by atoms with Crippen molar-refractivity contribution < 1.29 is 23.8 Å². The number of amides is 1. The molecule has 37 heavy (non-hydrogen) atoms. The number of nitrogens with one attached hydrogen (secondary N) is 1. The van der Waals surface area contributed by atoms with Gasteiger partial charge >= 0.3 is 6.09 Å². The number of benzene rings is 2. The molecule has 0 atom stereocenters. The second-order valence-electron chi connectivity index (χ2n) is 10.3. The summed E-state index contributed by atoms with van der Waals surface area (Å²) in [7, 11) is 0. The Morgan fingerprint density at radius 3 is 2.16 bits per heavy atom. The van der Waals surface area contributed by atoms with Crippen LogP contribution in [0.1, 0.15) is 43.5 Å². The molecule has 0 unspecified atom stereocenters. The van der Waals surface area contributed by atoms with Crippen molar-refractivity contribution >= 4 is 6.09 Å². The van der Waals surface area contributed by atoms with Crippen molar-refractivity contribution in [2.24, 2.45) is 0 Å². The molecule has 1 aliphatic heterocycles. The summed E-state index contributed by atoms with van der Waals surface area (Å²) in [5.41, 5.74) is 2.84. The molecule has 1 amide bonds. The molecule has 2 aromatic carbocycles. The van der Waals surface area contributed by atoms with E-state index in [0.29, 0.717) is 44.1 Å². The number of alkyl halides is 1. The number of hydrogen-bond donors (Lipinski definition) is 2. The predicted molar refractivity (Wildman–Crippen MR) is 136 cm³/mol. The van der Waals surface area contributed by atoms with Crippen LogP contribution in [0, 0.1) is 0 Å². The van der Waals surface area contributed by atoms with Crippen LogP contribution in [0.25, 0.3) is 0 Å². The number of carboxylic acid groups (broad SMARTS) is 1. The average Bonchev–Trinajstić information content (AvgIpc) is 2.83. The quantitative estimate of drug-likeness (QED) is 0.425. The largest absolute Gasteiger partial charge is 0.490 e. The van der Waals surface area contributed by atoms with E-state index in [1.54, 1.807) is 6.07 Å². The molecule has 1 aliphatic carbocycles. The van der Waals surface area contributed by atoms with E-state index in [1.807, 2.05) is 47.4 Å². The molecule has 2 fully saturated rings. The molecule has 0 bridgehead atoms. The zero-order valence-electron chi connectivity index (χ0n) is 20.9. The van der Waals surface area contributed by atoms with Gasteiger partial charge in [0.25, 0.3) is 0 Å². The fourth-order valence-corrected chi connectivity index (χ4v) is 4.68. The Bertz CT molecular complexity index is 1210. The lowest BCUT2D eigenvalue weighted by Crippen LogP contribution is -2.48. The van der Waals surface area contributed by atoms with E-state index in [0.717, 1.165) is 22.6 Å². The molecule has 1 aromatic heterocycles. The van der Waals surface area contributed by atoms with E-state index in [9.17, 15) is 9.18 Å². The minimum Gasteiger partial charge on any atom is -0.490 e. The molecule has 194 valence electrons. The van der Waals surface area contributed by atoms with Gasteiger partial charge in [-0.25, -0.2) is 9.18 Å². The first-order valence-electron chi connectivity index (χ1n) is 12.5. The Morgan fingerprint density at radius 2 is 1.62 bits per heavy atom.